The molecule has 0 spiro atoms. The zero-order valence-corrected chi connectivity index (χ0v) is 7.75. The first-order valence-corrected chi connectivity index (χ1v) is 4.40. The number of carboxylic acid groups (broad SMARTS) is 1. The van der Waals surface area contributed by atoms with Gasteiger partial charge in [-0.05, 0) is 12.1 Å². The number of benzene rings is 1. The SMILES string of the molecule is O=C(O)C1COC(c2ccccc2O)=N1. The molecule has 0 aromatic heterocycles. The van der Waals surface area contributed by atoms with E-state index in [9.17, 15) is 9.90 Å². The number of rotatable bonds is 2. The molecule has 78 valence electrons. The van der Waals surface area contributed by atoms with Gasteiger partial charge in [-0.3, -0.25) is 0 Å². The fraction of sp³-hybridized carbons (Fsp3) is 0.200. The summed E-state index contributed by atoms with van der Waals surface area (Å²) in [5.74, 6) is -0.816. The molecule has 1 aromatic carbocycles. The number of ether oxygens (including phenoxy) is 1. The minimum absolute atomic E-state index is 0.0129. The van der Waals surface area contributed by atoms with E-state index < -0.39 is 12.0 Å². The van der Waals surface area contributed by atoms with Crippen LogP contribution in [-0.2, 0) is 9.53 Å². The molecule has 1 heterocycles. The Kier molecular flexibility index (Phi) is 2.29. The number of phenolic OH excluding ortho intramolecular Hbond substituents is 1. The summed E-state index contributed by atoms with van der Waals surface area (Å²) < 4.78 is 5.10. The van der Waals surface area contributed by atoms with Crippen LogP contribution in [0.3, 0.4) is 0 Å². The van der Waals surface area contributed by atoms with Crippen LogP contribution in [0.5, 0.6) is 5.75 Å². The van der Waals surface area contributed by atoms with Crippen molar-refractivity contribution in [2.24, 2.45) is 4.99 Å². The van der Waals surface area contributed by atoms with E-state index in [4.69, 9.17) is 9.84 Å². The molecule has 0 saturated carbocycles. The Hall–Kier alpha value is -2.04. The fourth-order valence-corrected chi connectivity index (χ4v) is 1.30. The molecule has 1 aromatic rings. The Morgan fingerprint density at radius 3 is 2.80 bits per heavy atom. The lowest BCUT2D eigenvalue weighted by Gasteiger charge is -2.02. The molecule has 5 nitrogen and oxygen atoms in total. The van der Waals surface area contributed by atoms with Crippen molar-refractivity contribution in [2.75, 3.05) is 6.61 Å². The number of hydrogen-bond acceptors (Lipinski definition) is 4. The molecule has 0 fully saturated rings. The molecule has 0 bridgehead atoms. The standard InChI is InChI=1S/C10H9NO4/c12-8-4-2-1-3-6(8)9-11-7(5-15-9)10(13)14/h1-4,7,12H,5H2,(H,13,14). The Labute approximate surface area is 85.6 Å². The van der Waals surface area contributed by atoms with Crippen LogP contribution in [0.2, 0.25) is 0 Å². The molecule has 0 aliphatic carbocycles. The highest BCUT2D eigenvalue weighted by Crippen LogP contribution is 2.20. The van der Waals surface area contributed by atoms with Crippen LogP contribution in [0, 0.1) is 0 Å². The van der Waals surface area contributed by atoms with E-state index in [1.807, 2.05) is 0 Å². The van der Waals surface area contributed by atoms with Crippen molar-refractivity contribution in [2.45, 2.75) is 6.04 Å². The van der Waals surface area contributed by atoms with E-state index in [0.717, 1.165) is 0 Å². The summed E-state index contributed by atoms with van der Waals surface area (Å²) in [7, 11) is 0. The maximum absolute atomic E-state index is 10.6. The van der Waals surface area contributed by atoms with Gasteiger partial charge in [0.25, 0.3) is 0 Å². The van der Waals surface area contributed by atoms with Crippen molar-refractivity contribution in [3.63, 3.8) is 0 Å². The molecule has 5 heteroatoms. The van der Waals surface area contributed by atoms with Crippen LogP contribution >= 0.6 is 0 Å². The molecule has 2 N–H and O–H groups in total. The maximum atomic E-state index is 10.6. The summed E-state index contributed by atoms with van der Waals surface area (Å²) >= 11 is 0. The number of carbonyl (C=O) groups is 1. The Bertz CT molecular complexity index is 427. The number of phenols is 1. The Balaban J connectivity index is 2.30. The second-order valence-corrected chi connectivity index (χ2v) is 3.12. The Morgan fingerprint density at radius 1 is 1.47 bits per heavy atom. The molecule has 0 saturated heterocycles. The average Bonchev–Trinajstić information content (AvgIpc) is 2.67. The molecule has 1 aliphatic rings. The minimum atomic E-state index is -1.03. The van der Waals surface area contributed by atoms with Crippen molar-refractivity contribution in [3.8, 4) is 5.75 Å². The van der Waals surface area contributed by atoms with Gasteiger partial charge in [-0.15, -0.1) is 0 Å². The normalized spacial score (nSPS) is 19.5. The van der Waals surface area contributed by atoms with Gasteiger partial charge in [0, 0.05) is 0 Å². The van der Waals surface area contributed by atoms with Crippen molar-refractivity contribution in [1.82, 2.24) is 0 Å². The number of nitrogens with zero attached hydrogens (tertiary/aromatic N) is 1. The number of aliphatic carboxylic acids is 1. The first-order valence-electron chi connectivity index (χ1n) is 4.40. The number of hydrogen-bond donors (Lipinski definition) is 2. The van der Waals surface area contributed by atoms with Crippen molar-refractivity contribution < 1.29 is 19.7 Å². The van der Waals surface area contributed by atoms with Gasteiger partial charge in [0.05, 0.1) is 5.56 Å². The summed E-state index contributed by atoms with van der Waals surface area (Å²) in [6.07, 6.45) is 0. The summed E-state index contributed by atoms with van der Waals surface area (Å²) in [5, 5.41) is 18.2. The predicted molar refractivity (Wildman–Crippen MR) is 52.0 cm³/mol. The topological polar surface area (TPSA) is 79.1 Å². The van der Waals surface area contributed by atoms with Crippen molar-refractivity contribution >= 4 is 11.9 Å². The van der Waals surface area contributed by atoms with Gasteiger partial charge in [-0.1, -0.05) is 12.1 Å². The van der Waals surface area contributed by atoms with Gasteiger partial charge in [0.2, 0.25) is 5.90 Å². The van der Waals surface area contributed by atoms with Crippen molar-refractivity contribution in [3.05, 3.63) is 29.8 Å². The highest BCUT2D eigenvalue weighted by molar-refractivity contribution is 5.99. The van der Waals surface area contributed by atoms with Gasteiger partial charge < -0.3 is 14.9 Å². The molecule has 1 aliphatic heterocycles. The van der Waals surface area contributed by atoms with Gasteiger partial charge >= 0.3 is 5.97 Å². The monoisotopic (exact) mass is 207 g/mol. The lowest BCUT2D eigenvalue weighted by atomic mass is 10.2. The smallest absolute Gasteiger partial charge is 0.332 e. The van der Waals surface area contributed by atoms with Crippen LogP contribution in [0.15, 0.2) is 29.3 Å². The number of aromatic hydroxyl groups is 1. The highest BCUT2D eigenvalue weighted by atomic mass is 16.5. The van der Waals surface area contributed by atoms with Gasteiger partial charge in [0.1, 0.15) is 12.4 Å². The zero-order valence-electron chi connectivity index (χ0n) is 7.75. The Morgan fingerprint density at radius 2 is 2.20 bits per heavy atom. The third-order valence-corrected chi connectivity index (χ3v) is 2.07. The lowest BCUT2D eigenvalue weighted by molar-refractivity contribution is -0.138. The largest absolute Gasteiger partial charge is 0.507 e. The van der Waals surface area contributed by atoms with Crippen LogP contribution in [0.25, 0.3) is 0 Å². The van der Waals surface area contributed by atoms with Gasteiger partial charge in [-0.25, -0.2) is 9.79 Å². The van der Waals surface area contributed by atoms with Gasteiger partial charge in [-0.2, -0.15) is 0 Å². The molecule has 1 atom stereocenters. The van der Waals surface area contributed by atoms with E-state index in [1.165, 1.54) is 6.07 Å². The number of carboxylic acids is 1. The van der Waals surface area contributed by atoms with Gasteiger partial charge in [0.15, 0.2) is 6.04 Å². The summed E-state index contributed by atoms with van der Waals surface area (Å²) in [5.41, 5.74) is 0.418. The molecule has 2 rings (SSSR count). The van der Waals surface area contributed by atoms with Crippen LogP contribution in [0.1, 0.15) is 5.56 Å². The predicted octanol–water partition coefficient (Wildman–Crippen LogP) is 0.622. The maximum Gasteiger partial charge on any atom is 0.332 e. The first-order chi connectivity index (χ1) is 7.18. The van der Waals surface area contributed by atoms with E-state index in [2.05, 4.69) is 4.99 Å². The molecular weight excluding hydrogens is 198 g/mol. The highest BCUT2D eigenvalue weighted by Gasteiger charge is 2.26. The second kappa shape index (κ2) is 3.61. The number of aliphatic imine (C=N–C) groups is 1. The molecule has 0 amide bonds. The van der Waals surface area contributed by atoms with Crippen LogP contribution < -0.4 is 0 Å². The summed E-state index contributed by atoms with van der Waals surface area (Å²) in [6.45, 7) is 0.0129. The molecule has 0 radical (unpaired) electrons. The molecular formula is C10H9NO4. The second-order valence-electron chi connectivity index (χ2n) is 3.12. The lowest BCUT2D eigenvalue weighted by Crippen LogP contribution is -2.18. The number of para-hydroxylation sites is 1. The summed E-state index contributed by atoms with van der Waals surface area (Å²) in [4.78, 5) is 14.5. The van der Waals surface area contributed by atoms with E-state index in [0.29, 0.717) is 5.56 Å². The van der Waals surface area contributed by atoms with E-state index in [1.54, 1.807) is 18.2 Å². The first kappa shape index (κ1) is 9.51. The van der Waals surface area contributed by atoms with Crippen LogP contribution in [0.4, 0.5) is 0 Å². The van der Waals surface area contributed by atoms with E-state index >= 15 is 0 Å². The van der Waals surface area contributed by atoms with Crippen LogP contribution in [-0.4, -0.2) is 34.7 Å². The third-order valence-electron chi connectivity index (χ3n) is 2.07. The quantitative estimate of drug-likeness (QED) is 0.745. The molecule has 15 heavy (non-hydrogen) atoms. The minimum Gasteiger partial charge on any atom is -0.507 e. The zero-order chi connectivity index (χ0) is 10.8. The summed E-state index contributed by atoms with van der Waals surface area (Å²) in [6, 6.07) is 5.63. The third kappa shape index (κ3) is 1.76. The average molecular weight is 207 g/mol. The van der Waals surface area contributed by atoms with E-state index in [-0.39, 0.29) is 18.3 Å². The fourth-order valence-electron chi connectivity index (χ4n) is 1.30. The van der Waals surface area contributed by atoms with Crippen molar-refractivity contribution in [1.29, 1.82) is 0 Å². The molecule has 1 unspecified atom stereocenters.